The van der Waals surface area contributed by atoms with Crippen LogP contribution < -0.4 is 0 Å². The van der Waals surface area contributed by atoms with Crippen molar-refractivity contribution in [3.8, 4) is 0 Å². The molecule has 6 heteroatoms. The van der Waals surface area contributed by atoms with E-state index < -0.39 is 0 Å². The van der Waals surface area contributed by atoms with E-state index in [1.165, 1.54) is 6.42 Å². The van der Waals surface area contributed by atoms with Crippen LogP contribution in [0.2, 0.25) is 5.02 Å². The zero-order chi connectivity index (χ0) is 21.0. The number of nitrogens with zero attached hydrogens (tertiary/aromatic N) is 3. The number of rotatable bonds is 8. The molecular weight excluding hydrogens is 386 g/mol. The Kier molecular flexibility index (Phi) is 7.28. The molecule has 0 aliphatic carbocycles. The van der Waals surface area contributed by atoms with Crippen LogP contribution in [0.25, 0.3) is 0 Å². The number of hydrogen-bond acceptors (Lipinski definition) is 4. The molecule has 0 bridgehead atoms. The van der Waals surface area contributed by atoms with Gasteiger partial charge in [0, 0.05) is 22.3 Å². The Hall–Kier alpha value is -1.95. The van der Waals surface area contributed by atoms with Gasteiger partial charge in [-0.1, -0.05) is 24.9 Å². The van der Waals surface area contributed by atoms with Crippen molar-refractivity contribution in [1.82, 2.24) is 14.4 Å². The van der Waals surface area contributed by atoms with Gasteiger partial charge in [-0.3, -0.25) is 19.4 Å². The highest BCUT2D eigenvalue weighted by Gasteiger charge is 2.24. The summed E-state index contributed by atoms with van der Waals surface area (Å²) in [6.07, 6.45) is 6.20. The topological polar surface area (TPSA) is 45.6 Å². The molecule has 3 rings (SSSR count). The van der Waals surface area contributed by atoms with E-state index in [9.17, 15) is 9.59 Å². The van der Waals surface area contributed by atoms with Gasteiger partial charge in [0.25, 0.3) is 0 Å². The van der Waals surface area contributed by atoms with Gasteiger partial charge in [-0.15, -0.1) is 0 Å². The average Bonchev–Trinajstić information content (AvgIpc) is 3.14. The quantitative estimate of drug-likeness (QED) is 0.595. The molecule has 0 N–H and O–H groups in total. The summed E-state index contributed by atoms with van der Waals surface area (Å²) < 4.78 is 1.94. The predicted molar refractivity (Wildman–Crippen MR) is 117 cm³/mol. The highest BCUT2D eigenvalue weighted by molar-refractivity contribution is 6.30. The van der Waals surface area contributed by atoms with Crippen LogP contribution in [0.3, 0.4) is 0 Å². The van der Waals surface area contributed by atoms with Crippen LogP contribution in [0.5, 0.6) is 0 Å². The van der Waals surface area contributed by atoms with Crippen LogP contribution >= 0.6 is 11.6 Å². The number of carbonyl (C=O) groups excluding carboxylic acids is 2. The van der Waals surface area contributed by atoms with Gasteiger partial charge in [-0.25, -0.2) is 0 Å². The summed E-state index contributed by atoms with van der Waals surface area (Å²) in [7, 11) is 3.97. The van der Waals surface area contributed by atoms with E-state index in [1.807, 2.05) is 24.9 Å². The summed E-state index contributed by atoms with van der Waals surface area (Å²) >= 11 is 5.97. The Labute approximate surface area is 178 Å². The smallest absolute Gasteiger partial charge is 0.209 e. The zero-order valence-electron chi connectivity index (χ0n) is 17.5. The number of likely N-dealkylation sites (tertiary alicyclic amines) is 1. The molecule has 29 heavy (non-hydrogen) atoms. The van der Waals surface area contributed by atoms with Gasteiger partial charge in [0.1, 0.15) is 0 Å². The minimum absolute atomic E-state index is 0.00205. The van der Waals surface area contributed by atoms with E-state index in [4.69, 9.17) is 11.6 Å². The first-order chi connectivity index (χ1) is 13.9. The number of benzene rings is 1. The van der Waals surface area contributed by atoms with Crippen LogP contribution in [0.4, 0.5) is 0 Å². The monoisotopic (exact) mass is 415 g/mol. The molecule has 0 amide bonds. The van der Waals surface area contributed by atoms with Gasteiger partial charge in [0.2, 0.25) is 5.78 Å². The summed E-state index contributed by atoms with van der Waals surface area (Å²) in [5.41, 5.74) is 1.71. The summed E-state index contributed by atoms with van der Waals surface area (Å²) in [5.74, 6) is -0.0246. The molecule has 1 fully saturated rings. The van der Waals surface area contributed by atoms with Gasteiger partial charge in [0.05, 0.1) is 18.4 Å². The molecule has 5 nitrogen and oxygen atoms in total. The molecule has 1 aromatic heterocycles. The molecule has 2 aromatic rings. The normalized spacial score (nSPS) is 16.2. The minimum Gasteiger partial charge on any atom is -0.328 e. The number of ketones is 2. The minimum atomic E-state index is -0.0982. The predicted octanol–water partition coefficient (Wildman–Crippen LogP) is 4.51. The molecule has 0 saturated carbocycles. The standard InChI is InChI=1S/C23H30ClN3O2/c1-4-22(25(2)3)27-15-18(21(28)16-26-12-6-5-7-13-26)14-20(27)23(29)17-8-10-19(24)11-9-17/h8-11,14-15,22H,4-7,12-13,16H2,1-3H3. The van der Waals surface area contributed by atoms with Crippen molar-refractivity contribution in [3.05, 3.63) is 58.4 Å². The van der Waals surface area contributed by atoms with E-state index in [-0.39, 0.29) is 17.7 Å². The number of aromatic nitrogens is 1. The molecule has 1 aromatic carbocycles. The number of hydrogen-bond donors (Lipinski definition) is 0. The lowest BCUT2D eigenvalue weighted by atomic mass is 10.1. The summed E-state index contributed by atoms with van der Waals surface area (Å²) in [6, 6.07) is 8.65. The summed E-state index contributed by atoms with van der Waals surface area (Å²) in [4.78, 5) is 30.5. The lowest BCUT2D eigenvalue weighted by molar-refractivity contribution is 0.0914. The van der Waals surface area contributed by atoms with Crippen LogP contribution in [-0.4, -0.2) is 59.7 Å². The zero-order valence-corrected chi connectivity index (χ0v) is 18.3. The Morgan fingerprint density at radius 1 is 1.07 bits per heavy atom. The fourth-order valence-electron chi connectivity index (χ4n) is 4.03. The number of carbonyl (C=O) groups is 2. The Balaban J connectivity index is 1.93. The van der Waals surface area contributed by atoms with Crippen molar-refractivity contribution >= 4 is 23.2 Å². The maximum atomic E-state index is 13.2. The Bertz CT molecular complexity index is 852. The number of Topliss-reactive ketones (excluding diaryl/α,β-unsaturated/α-hetero) is 1. The lowest BCUT2D eigenvalue weighted by Crippen LogP contribution is -2.34. The SMILES string of the molecule is CCC(N(C)C)n1cc(C(=O)CN2CCCCC2)cc1C(=O)c1ccc(Cl)cc1. The molecule has 2 heterocycles. The molecule has 1 aliphatic rings. The van der Waals surface area contributed by atoms with Gasteiger partial charge in [0.15, 0.2) is 5.78 Å². The molecule has 156 valence electrons. The second kappa shape index (κ2) is 9.70. The van der Waals surface area contributed by atoms with Gasteiger partial charge in [-0.2, -0.15) is 0 Å². The summed E-state index contributed by atoms with van der Waals surface area (Å²) in [6.45, 7) is 4.43. The second-order valence-electron chi connectivity index (χ2n) is 7.97. The average molecular weight is 416 g/mol. The van der Waals surface area contributed by atoms with Gasteiger partial charge >= 0.3 is 0 Å². The summed E-state index contributed by atoms with van der Waals surface area (Å²) in [5, 5.41) is 0.592. The number of halogens is 1. The highest BCUT2D eigenvalue weighted by Crippen LogP contribution is 2.24. The Morgan fingerprint density at radius 3 is 2.31 bits per heavy atom. The number of piperidine rings is 1. The maximum absolute atomic E-state index is 13.2. The third-order valence-electron chi connectivity index (χ3n) is 5.61. The maximum Gasteiger partial charge on any atom is 0.209 e. The van der Waals surface area contributed by atoms with Gasteiger partial charge in [-0.05, 0) is 76.8 Å². The van der Waals surface area contributed by atoms with Crippen LogP contribution in [0, 0.1) is 0 Å². The van der Waals surface area contributed by atoms with Crippen molar-refractivity contribution < 1.29 is 9.59 Å². The van der Waals surface area contributed by atoms with Crippen molar-refractivity contribution in [2.24, 2.45) is 0 Å². The highest BCUT2D eigenvalue weighted by atomic mass is 35.5. The molecule has 1 saturated heterocycles. The Morgan fingerprint density at radius 2 is 1.72 bits per heavy atom. The first-order valence-electron chi connectivity index (χ1n) is 10.3. The van der Waals surface area contributed by atoms with Crippen molar-refractivity contribution in [1.29, 1.82) is 0 Å². The molecule has 0 radical (unpaired) electrons. The lowest BCUT2D eigenvalue weighted by Gasteiger charge is -2.26. The third-order valence-corrected chi connectivity index (χ3v) is 5.86. The van der Waals surface area contributed by atoms with Crippen LogP contribution in [-0.2, 0) is 0 Å². The largest absolute Gasteiger partial charge is 0.328 e. The van der Waals surface area contributed by atoms with E-state index in [2.05, 4.69) is 16.7 Å². The van der Waals surface area contributed by atoms with E-state index in [0.717, 1.165) is 32.4 Å². The second-order valence-corrected chi connectivity index (χ2v) is 8.41. The fourth-order valence-corrected chi connectivity index (χ4v) is 4.16. The molecule has 1 aliphatic heterocycles. The van der Waals surface area contributed by atoms with E-state index in [0.29, 0.717) is 28.4 Å². The first-order valence-corrected chi connectivity index (χ1v) is 10.7. The van der Waals surface area contributed by atoms with Crippen LogP contribution in [0.1, 0.15) is 65.2 Å². The fraction of sp³-hybridized carbons (Fsp3) is 0.478. The molecule has 1 unspecified atom stereocenters. The molecule has 1 atom stereocenters. The van der Waals surface area contributed by atoms with Crippen molar-refractivity contribution in [2.45, 2.75) is 38.8 Å². The third kappa shape index (κ3) is 5.16. The van der Waals surface area contributed by atoms with E-state index in [1.54, 1.807) is 30.3 Å². The van der Waals surface area contributed by atoms with E-state index >= 15 is 0 Å². The van der Waals surface area contributed by atoms with Crippen LogP contribution in [0.15, 0.2) is 36.5 Å². The first kappa shape index (κ1) is 21.8. The van der Waals surface area contributed by atoms with Crippen molar-refractivity contribution in [2.75, 3.05) is 33.7 Å². The molecular formula is C23H30ClN3O2. The molecule has 0 spiro atoms. The van der Waals surface area contributed by atoms with Gasteiger partial charge < -0.3 is 4.57 Å². The van der Waals surface area contributed by atoms with Crippen molar-refractivity contribution in [3.63, 3.8) is 0 Å².